The lowest BCUT2D eigenvalue weighted by Crippen LogP contribution is -2.36. The van der Waals surface area contributed by atoms with Crippen molar-refractivity contribution in [1.29, 1.82) is 0 Å². The fraction of sp³-hybridized carbons (Fsp3) is 1.00. The Bertz CT molecular complexity index is 190. The van der Waals surface area contributed by atoms with Crippen LogP contribution in [0.5, 0.6) is 0 Å². The second kappa shape index (κ2) is 5.86. The van der Waals surface area contributed by atoms with Gasteiger partial charge in [0.1, 0.15) is 0 Å². The van der Waals surface area contributed by atoms with Crippen molar-refractivity contribution in [2.24, 2.45) is 11.8 Å². The van der Waals surface area contributed by atoms with Crippen molar-refractivity contribution < 1.29 is 4.21 Å². The highest BCUT2D eigenvalue weighted by atomic mass is 32.2. The second-order valence-electron chi connectivity index (χ2n) is 4.67. The summed E-state index contributed by atoms with van der Waals surface area (Å²) in [5.74, 6) is 3.08. The minimum absolute atomic E-state index is 0.514. The average Bonchev–Trinajstić information content (AvgIpc) is 2.83. The van der Waals surface area contributed by atoms with Gasteiger partial charge in [0.05, 0.1) is 0 Å². The van der Waals surface area contributed by atoms with Gasteiger partial charge in [-0.2, -0.15) is 0 Å². The predicted molar refractivity (Wildman–Crippen MR) is 62.9 cm³/mol. The smallest absolute Gasteiger partial charge is 0.0391 e. The van der Waals surface area contributed by atoms with Crippen LogP contribution in [-0.2, 0) is 10.8 Å². The molecule has 1 fully saturated rings. The molecule has 1 aliphatic rings. The summed E-state index contributed by atoms with van der Waals surface area (Å²) >= 11 is 0. The lowest BCUT2D eigenvalue weighted by Gasteiger charge is -2.17. The van der Waals surface area contributed by atoms with Crippen LogP contribution in [0.1, 0.15) is 33.6 Å². The molecule has 0 spiro atoms. The Kier molecular flexibility index (Phi) is 5.10. The predicted octanol–water partition coefficient (Wildman–Crippen LogP) is 1.78. The minimum Gasteiger partial charge on any atom is -0.313 e. The minimum atomic E-state index is -0.625. The van der Waals surface area contributed by atoms with Crippen molar-refractivity contribution in [3.05, 3.63) is 0 Å². The van der Waals surface area contributed by atoms with E-state index in [4.69, 9.17) is 0 Å². The van der Waals surface area contributed by atoms with Crippen molar-refractivity contribution >= 4 is 10.8 Å². The fourth-order valence-electron chi connectivity index (χ4n) is 1.76. The normalized spacial score (nSPS) is 21.1. The zero-order chi connectivity index (χ0) is 10.6. The highest BCUT2D eigenvalue weighted by molar-refractivity contribution is 7.85. The van der Waals surface area contributed by atoms with Crippen LogP contribution in [0.15, 0.2) is 0 Å². The maximum atomic E-state index is 11.7. The van der Waals surface area contributed by atoms with E-state index in [1.54, 1.807) is 0 Å². The SMILES string of the molecule is CCNC(CS(=O)CC(C)C)C1CC1. The Morgan fingerprint density at radius 2 is 2.00 bits per heavy atom. The monoisotopic (exact) mass is 217 g/mol. The van der Waals surface area contributed by atoms with E-state index < -0.39 is 10.8 Å². The van der Waals surface area contributed by atoms with E-state index in [1.807, 2.05) is 0 Å². The van der Waals surface area contributed by atoms with Gasteiger partial charge in [-0.1, -0.05) is 20.8 Å². The van der Waals surface area contributed by atoms with Crippen LogP contribution in [0.2, 0.25) is 0 Å². The molecule has 2 nitrogen and oxygen atoms in total. The summed E-state index contributed by atoms with van der Waals surface area (Å²) in [5.41, 5.74) is 0. The summed E-state index contributed by atoms with van der Waals surface area (Å²) in [5, 5.41) is 3.46. The molecule has 1 rings (SSSR count). The standard InChI is InChI=1S/C11H23NOS/c1-4-12-11(10-5-6-10)8-14(13)7-9(2)3/h9-12H,4-8H2,1-3H3. The number of hydrogen-bond acceptors (Lipinski definition) is 2. The second-order valence-corrected chi connectivity index (χ2v) is 6.21. The van der Waals surface area contributed by atoms with Gasteiger partial charge in [0.2, 0.25) is 0 Å². The zero-order valence-corrected chi connectivity index (χ0v) is 10.4. The molecular weight excluding hydrogens is 194 g/mol. The van der Waals surface area contributed by atoms with Gasteiger partial charge >= 0.3 is 0 Å². The molecule has 0 aromatic rings. The molecular formula is C11H23NOS. The van der Waals surface area contributed by atoms with Gasteiger partial charge in [-0.05, 0) is 31.2 Å². The lowest BCUT2D eigenvalue weighted by molar-refractivity contribution is 0.513. The first-order valence-corrected chi connectivity index (χ1v) is 7.20. The van der Waals surface area contributed by atoms with E-state index in [9.17, 15) is 4.21 Å². The molecule has 2 atom stereocenters. The van der Waals surface area contributed by atoms with E-state index in [0.29, 0.717) is 12.0 Å². The average molecular weight is 217 g/mol. The van der Waals surface area contributed by atoms with Gasteiger partial charge in [-0.3, -0.25) is 4.21 Å². The van der Waals surface area contributed by atoms with E-state index in [2.05, 4.69) is 26.1 Å². The molecule has 0 saturated heterocycles. The van der Waals surface area contributed by atoms with Crippen molar-refractivity contribution in [3.63, 3.8) is 0 Å². The molecule has 0 aliphatic heterocycles. The topological polar surface area (TPSA) is 29.1 Å². The summed E-state index contributed by atoms with van der Waals surface area (Å²) in [7, 11) is -0.625. The van der Waals surface area contributed by atoms with E-state index in [0.717, 1.165) is 24.0 Å². The summed E-state index contributed by atoms with van der Waals surface area (Å²) in [6.45, 7) is 7.40. The van der Waals surface area contributed by atoms with Gasteiger partial charge in [0.25, 0.3) is 0 Å². The van der Waals surface area contributed by atoms with Gasteiger partial charge in [0, 0.05) is 28.3 Å². The van der Waals surface area contributed by atoms with Crippen LogP contribution in [0, 0.1) is 11.8 Å². The summed E-state index contributed by atoms with van der Waals surface area (Å²) in [4.78, 5) is 0. The third kappa shape index (κ3) is 4.56. The molecule has 2 unspecified atom stereocenters. The molecule has 0 aromatic heterocycles. The van der Waals surface area contributed by atoms with Gasteiger partial charge < -0.3 is 5.32 Å². The molecule has 1 saturated carbocycles. The van der Waals surface area contributed by atoms with Crippen LogP contribution in [-0.4, -0.2) is 28.3 Å². The molecule has 0 radical (unpaired) electrons. The first kappa shape index (κ1) is 12.2. The Hall–Kier alpha value is 0.110. The molecule has 0 bridgehead atoms. The maximum absolute atomic E-state index is 11.7. The molecule has 0 amide bonds. The number of rotatable bonds is 7. The van der Waals surface area contributed by atoms with E-state index in [-0.39, 0.29) is 0 Å². The molecule has 1 N–H and O–H groups in total. The van der Waals surface area contributed by atoms with Crippen LogP contribution >= 0.6 is 0 Å². The fourth-order valence-corrected chi connectivity index (χ4v) is 3.43. The Morgan fingerprint density at radius 3 is 2.43 bits per heavy atom. The first-order valence-electron chi connectivity index (χ1n) is 5.71. The number of nitrogens with one attached hydrogen (secondary N) is 1. The van der Waals surface area contributed by atoms with Crippen molar-refractivity contribution in [3.8, 4) is 0 Å². The lowest BCUT2D eigenvalue weighted by atomic mass is 10.2. The first-order chi connectivity index (χ1) is 6.63. The zero-order valence-electron chi connectivity index (χ0n) is 9.58. The largest absolute Gasteiger partial charge is 0.313 e. The molecule has 0 heterocycles. The van der Waals surface area contributed by atoms with Crippen LogP contribution in [0.4, 0.5) is 0 Å². The highest BCUT2D eigenvalue weighted by Gasteiger charge is 2.31. The molecule has 14 heavy (non-hydrogen) atoms. The van der Waals surface area contributed by atoms with Crippen molar-refractivity contribution in [2.75, 3.05) is 18.1 Å². The molecule has 0 aromatic carbocycles. The Balaban J connectivity index is 2.27. The Morgan fingerprint density at radius 1 is 1.36 bits per heavy atom. The maximum Gasteiger partial charge on any atom is 0.0391 e. The van der Waals surface area contributed by atoms with Gasteiger partial charge in [0.15, 0.2) is 0 Å². The number of hydrogen-bond donors (Lipinski definition) is 1. The van der Waals surface area contributed by atoms with Gasteiger partial charge in [-0.25, -0.2) is 0 Å². The Labute approximate surface area is 90.3 Å². The van der Waals surface area contributed by atoms with Gasteiger partial charge in [-0.15, -0.1) is 0 Å². The van der Waals surface area contributed by atoms with Crippen LogP contribution in [0.25, 0.3) is 0 Å². The summed E-state index contributed by atoms with van der Waals surface area (Å²) < 4.78 is 11.7. The van der Waals surface area contributed by atoms with Crippen LogP contribution < -0.4 is 5.32 Å². The highest BCUT2D eigenvalue weighted by Crippen LogP contribution is 2.33. The molecule has 1 aliphatic carbocycles. The quantitative estimate of drug-likeness (QED) is 0.704. The third-order valence-corrected chi connectivity index (χ3v) is 4.31. The summed E-state index contributed by atoms with van der Waals surface area (Å²) in [6, 6.07) is 0.514. The van der Waals surface area contributed by atoms with Crippen molar-refractivity contribution in [2.45, 2.75) is 39.7 Å². The van der Waals surface area contributed by atoms with E-state index >= 15 is 0 Å². The summed E-state index contributed by atoms with van der Waals surface area (Å²) in [6.07, 6.45) is 2.66. The van der Waals surface area contributed by atoms with E-state index in [1.165, 1.54) is 12.8 Å². The molecule has 3 heteroatoms. The van der Waals surface area contributed by atoms with Crippen molar-refractivity contribution in [1.82, 2.24) is 5.32 Å². The molecule has 84 valence electrons. The third-order valence-electron chi connectivity index (χ3n) is 2.54. The van der Waals surface area contributed by atoms with Crippen LogP contribution in [0.3, 0.4) is 0 Å².